The Morgan fingerprint density at radius 2 is 2.32 bits per heavy atom. The first-order chi connectivity index (χ1) is 12.1. The summed E-state index contributed by atoms with van der Waals surface area (Å²) in [5.41, 5.74) is 1.03. The maximum Gasteiger partial charge on any atom is 0.267 e. The van der Waals surface area contributed by atoms with E-state index in [-0.39, 0.29) is 11.9 Å². The van der Waals surface area contributed by atoms with Crippen LogP contribution in [0.4, 0.5) is 5.82 Å². The Balaban J connectivity index is 1.51. The van der Waals surface area contributed by atoms with E-state index in [4.69, 9.17) is 11.6 Å². The molecule has 3 heterocycles. The molecule has 1 aliphatic carbocycles. The number of anilines is 1. The first-order valence-electron chi connectivity index (χ1n) is 8.70. The van der Waals surface area contributed by atoms with Crippen LogP contribution in [0.5, 0.6) is 0 Å². The Morgan fingerprint density at radius 1 is 1.48 bits per heavy atom. The molecule has 25 heavy (non-hydrogen) atoms. The summed E-state index contributed by atoms with van der Waals surface area (Å²) in [5, 5.41) is 3.65. The molecule has 1 amide bonds. The van der Waals surface area contributed by atoms with E-state index in [1.54, 1.807) is 6.20 Å². The highest BCUT2D eigenvalue weighted by atomic mass is 35.5. The molecule has 1 spiro atoms. The van der Waals surface area contributed by atoms with Gasteiger partial charge in [0.05, 0.1) is 6.20 Å². The molecular weight excluding hydrogens is 338 g/mol. The van der Waals surface area contributed by atoms with Crippen LogP contribution < -0.4 is 10.2 Å². The number of aromatic nitrogens is 3. The van der Waals surface area contributed by atoms with Crippen LogP contribution in [-0.2, 0) is 7.05 Å². The first-order valence-corrected chi connectivity index (χ1v) is 9.07. The van der Waals surface area contributed by atoms with E-state index < -0.39 is 0 Å². The molecule has 2 aromatic heterocycles. The van der Waals surface area contributed by atoms with Gasteiger partial charge in [0.1, 0.15) is 17.0 Å². The maximum absolute atomic E-state index is 12.4. The van der Waals surface area contributed by atoms with Gasteiger partial charge in [0.15, 0.2) is 5.82 Å². The Bertz CT molecular complexity index is 785. The van der Waals surface area contributed by atoms with Gasteiger partial charge in [0.2, 0.25) is 0 Å². The second-order valence-electron chi connectivity index (χ2n) is 7.25. The zero-order chi connectivity index (χ0) is 17.4. The van der Waals surface area contributed by atoms with Crippen molar-refractivity contribution in [3.05, 3.63) is 41.6 Å². The van der Waals surface area contributed by atoms with Crippen molar-refractivity contribution in [1.82, 2.24) is 19.9 Å². The van der Waals surface area contributed by atoms with Crippen LogP contribution >= 0.6 is 11.6 Å². The van der Waals surface area contributed by atoms with E-state index >= 15 is 0 Å². The van der Waals surface area contributed by atoms with Gasteiger partial charge in [0, 0.05) is 32.4 Å². The molecular formula is C18H22ClN5O. The molecule has 1 aliphatic heterocycles. The standard InChI is InChI=1S/C18H22ClN5O/c1-23-7-2-4-15(23)17(25)21-9-13-8-18(5-3-6-18)11-24(13)16-14(19)10-20-12-22-16/h2,4,7,10,12-13H,3,5-6,8-9,11H2,1H3,(H,21,25). The van der Waals surface area contributed by atoms with Crippen molar-refractivity contribution in [3.63, 3.8) is 0 Å². The van der Waals surface area contributed by atoms with E-state index in [0.29, 0.717) is 22.7 Å². The number of halogens is 1. The Labute approximate surface area is 152 Å². The number of amides is 1. The molecule has 0 radical (unpaired) electrons. The predicted octanol–water partition coefficient (Wildman–Crippen LogP) is 2.65. The highest BCUT2D eigenvalue weighted by Crippen LogP contribution is 2.51. The molecule has 132 valence electrons. The summed E-state index contributed by atoms with van der Waals surface area (Å²) in [4.78, 5) is 23.1. The minimum absolute atomic E-state index is 0.0456. The van der Waals surface area contributed by atoms with Gasteiger partial charge in [-0.2, -0.15) is 0 Å². The normalized spacial score (nSPS) is 21.4. The summed E-state index contributed by atoms with van der Waals surface area (Å²) >= 11 is 6.33. The number of nitrogens with zero attached hydrogens (tertiary/aromatic N) is 4. The van der Waals surface area contributed by atoms with E-state index in [1.807, 2.05) is 29.9 Å². The second kappa shape index (κ2) is 6.33. The molecule has 1 saturated carbocycles. The van der Waals surface area contributed by atoms with E-state index in [1.165, 1.54) is 25.6 Å². The van der Waals surface area contributed by atoms with Crippen LogP contribution in [0.3, 0.4) is 0 Å². The summed E-state index contributed by atoms with van der Waals surface area (Å²) < 4.78 is 1.83. The van der Waals surface area contributed by atoms with E-state index in [2.05, 4.69) is 20.2 Å². The van der Waals surface area contributed by atoms with Crippen molar-refractivity contribution in [2.75, 3.05) is 18.0 Å². The molecule has 1 saturated heterocycles. The summed E-state index contributed by atoms with van der Waals surface area (Å²) in [7, 11) is 1.88. The lowest BCUT2D eigenvalue weighted by atomic mass is 9.67. The van der Waals surface area contributed by atoms with Gasteiger partial charge < -0.3 is 14.8 Å². The molecule has 1 N–H and O–H groups in total. The fourth-order valence-electron chi connectivity index (χ4n) is 4.15. The Hall–Kier alpha value is -2.08. The molecule has 6 nitrogen and oxygen atoms in total. The molecule has 1 atom stereocenters. The molecule has 2 aliphatic rings. The maximum atomic E-state index is 12.4. The topological polar surface area (TPSA) is 63.1 Å². The van der Waals surface area contributed by atoms with Crippen LogP contribution in [0.2, 0.25) is 5.02 Å². The Kier molecular flexibility index (Phi) is 4.15. The van der Waals surface area contributed by atoms with Gasteiger partial charge in [-0.1, -0.05) is 18.0 Å². The average molecular weight is 360 g/mol. The number of rotatable bonds is 4. The fourth-order valence-corrected chi connectivity index (χ4v) is 4.36. The van der Waals surface area contributed by atoms with Crippen molar-refractivity contribution in [1.29, 1.82) is 0 Å². The van der Waals surface area contributed by atoms with Gasteiger partial charge in [-0.25, -0.2) is 9.97 Å². The van der Waals surface area contributed by atoms with Crippen LogP contribution in [0.25, 0.3) is 0 Å². The van der Waals surface area contributed by atoms with E-state index in [9.17, 15) is 4.79 Å². The minimum atomic E-state index is -0.0456. The quantitative estimate of drug-likeness (QED) is 0.911. The number of hydrogen-bond donors (Lipinski definition) is 1. The summed E-state index contributed by atoms with van der Waals surface area (Å²) in [5.74, 6) is 0.731. The summed E-state index contributed by atoms with van der Waals surface area (Å²) in [6.45, 7) is 1.54. The molecule has 0 bridgehead atoms. The summed E-state index contributed by atoms with van der Waals surface area (Å²) in [6.07, 6.45) is 9.89. The Morgan fingerprint density at radius 3 is 2.96 bits per heavy atom. The monoisotopic (exact) mass is 359 g/mol. The van der Waals surface area contributed by atoms with Crippen molar-refractivity contribution >= 4 is 23.3 Å². The van der Waals surface area contributed by atoms with Gasteiger partial charge >= 0.3 is 0 Å². The largest absolute Gasteiger partial charge is 0.350 e. The third-order valence-corrected chi connectivity index (χ3v) is 5.89. The summed E-state index contributed by atoms with van der Waals surface area (Å²) in [6, 6.07) is 3.91. The van der Waals surface area contributed by atoms with Crippen LogP contribution in [0, 0.1) is 5.41 Å². The molecule has 2 fully saturated rings. The van der Waals surface area contributed by atoms with Crippen LogP contribution in [0.15, 0.2) is 30.9 Å². The zero-order valence-corrected chi connectivity index (χ0v) is 15.0. The van der Waals surface area contributed by atoms with Gasteiger partial charge in [-0.15, -0.1) is 0 Å². The van der Waals surface area contributed by atoms with Crippen LogP contribution in [0.1, 0.15) is 36.2 Å². The molecule has 0 aromatic carbocycles. The lowest BCUT2D eigenvalue weighted by Gasteiger charge is -2.38. The molecule has 7 heteroatoms. The molecule has 2 aromatic rings. The highest BCUT2D eigenvalue weighted by molar-refractivity contribution is 6.32. The zero-order valence-electron chi connectivity index (χ0n) is 14.3. The fraction of sp³-hybridized carbons (Fsp3) is 0.500. The lowest BCUT2D eigenvalue weighted by Crippen LogP contribution is -2.41. The number of carbonyl (C=O) groups is 1. The van der Waals surface area contributed by atoms with Crippen molar-refractivity contribution in [3.8, 4) is 0 Å². The number of hydrogen-bond acceptors (Lipinski definition) is 4. The van der Waals surface area contributed by atoms with E-state index in [0.717, 1.165) is 18.8 Å². The third-order valence-electron chi connectivity index (χ3n) is 5.62. The van der Waals surface area contributed by atoms with Crippen LogP contribution in [-0.4, -0.2) is 39.6 Å². The van der Waals surface area contributed by atoms with Gasteiger partial charge in [-0.3, -0.25) is 4.79 Å². The average Bonchev–Trinajstić information content (AvgIpc) is 3.17. The smallest absolute Gasteiger partial charge is 0.267 e. The number of aryl methyl sites for hydroxylation is 1. The van der Waals surface area contributed by atoms with Gasteiger partial charge in [-0.05, 0) is 36.8 Å². The second-order valence-corrected chi connectivity index (χ2v) is 7.66. The highest BCUT2D eigenvalue weighted by Gasteiger charge is 2.48. The minimum Gasteiger partial charge on any atom is -0.350 e. The number of nitrogens with one attached hydrogen (secondary N) is 1. The third kappa shape index (κ3) is 2.99. The van der Waals surface area contributed by atoms with Gasteiger partial charge in [0.25, 0.3) is 5.91 Å². The molecule has 4 rings (SSSR count). The van der Waals surface area contributed by atoms with Crippen molar-refractivity contribution in [2.24, 2.45) is 12.5 Å². The first kappa shape index (κ1) is 16.4. The predicted molar refractivity (Wildman–Crippen MR) is 96.8 cm³/mol. The van der Waals surface area contributed by atoms with Crippen molar-refractivity contribution < 1.29 is 4.79 Å². The molecule has 1 unspecified atom stereocenters. The lowest BCUT2D eigenvalue weighted by molar-refractivity contribution is 0.0940. The SMILES string of the molecule is Cn1cccc1C(=O)NCC1CC2(CCC2)CN1c1ncncc1Cl. The number of carbonyl (C=O) groups excluding carboxylic acids is 1. The van der Waals surface area contributed by atoms with Crippen molar-refractivity contribution in [2.45, 2.75) is 31.7 Å².